The summed E-state index contributed by atoms with van der Waals surface area (Å²) in [6.07, 6.45) is 0.860. The van der Waals surface area contributed by atoms with Gasteiger partial charge < -0.3 is 14.8 Å². The topological polar surface area (TPSA) is 57.6 Å². The van der Waals surface area contributed by atoms with Crippen molar-refractivity contribution in [3.8, 4) is 0 Å². The van der Waals surface area contributed by atoms with Gasteiger partial charge in [0.05, 0.1) is 10.4 Å². The fraction of sp³-hybridized carbons (Fsp3) is 0.700. The quantitative estimate of drug-likeness (QED) is 0.775. The molecule has 0 aliphatic carbocycles. The molecule has 0 aromatic carbocycles. The van der Waals surface area contributed by atoms with Gasteiger partial charge in [0, 0.05) is 18.6 Å². The summed E-state index contributed by atoms with van der Waals surface area (Å²) in [7, 11) is 0. The number of thiocarbonyl (C=S) groups is 1. The summed E-state index contributed by atoms with van der Waals surface area (Å²) in [4.78, 5) is 24.2. The van der Waals surface area contributed by atoms with E-state index in [1.54, 1.807) is 16.7 Å². The number of carbonyl (C=O) groups excluding carboxylic acids is 1. The maximum atomic E-state index is 11.0. The molecule has 4 nitrogen and oxygen atoms in total. The third-order valence-corrected chi connectivity index (χ3v) is 4.12. The second kappa shape index (κ2) is 5.63. The lowest BCUT2D eigenvalue weighted by molar-refractivity contribution is -0.140. The fourth-order valence-electron chi connectivity index (χ4n) is 1.62. The van der Waals surface area contributed by atoms with E-state index in [0.717, 1.165) is 0 Å². The molecule has 16 heavy (non-hydrogen) atoms. The fourth-order valence-corrected chi connectivity index (χ4v) is 3.28. The third-order valence-electron chi connectivity index (χ3n) is 2.49. The molecule has 0 aromatic heterocycles. The largest absolute Gasteiger partial charge is 0.480 e. The van der Waals surface area contributed by atoms with Crippen molar-refractivity contribution in [1.29, 1.82) is 0 Å². The second-order valence-electron chi connectivity index (χ2n) is 3.79. The highest BCUT2D eigenvalue weighted by molar-refractivity contribution is 8.00. The number of hydrogen-bond donors (Lipinski definition) is 1. The molecule has 1 aliphatic heterocycles. The van der Waals surface area contributed by atoms with E-state index in [9.17, 15) is 9.59 Å². The molecule has 1 aliphatic rings. The van der Waals surface area contributed by atoms with Crippen LogP contribution in [0.25, 0.3) is 0 Å². The molecule has 0 bridgehead atoms. The predicted molar refractivity (Wildman–Crippen MR) is 67.7 cm³/mol. The van der Waals surface area contributed by atoms with Crippen LogP contribution in [0, 0.1) is 0 Å². The van der Waals surface area contributed by atoms with Crippen LogP contribution >= 0.6 is 24.0 Å². The average Bonchev–Trinajstić information content (AvgIpc) is 2.56. The van der Waals surface area contributed by atoms with Crippen LogP contribution < -0.4 is 0 Å². The van der Waals surface area contributed by atoms with E-state index in [1.807, 2.05) is 6.92 Å². The van der Waals surface area contributed by atoms with Crippen molar-refractivity contribution in [3.63, 3.8) is 0 Å². The third kappa shape index (κ3) is 3.18. The van der Waals surface area contributed by atoms with Gasteiger partial charge in [-0.2, -0.15) is 0 Å². The summed E-state index contributed by atoms with van der Waals surface area (Å²) in [5, 5.41) is 9.13. The minimum atomic E-state index is -0.845. The Morgan fingerprint density at radius 2 is 2.12 bits per heavy atom. The van der Waals surface area contributed by atoms with Gasteiger partial charge in [0.15, 0.2) is 0 Å². The maximum Gasteiger partial charge on any atom is 0.327 e. The first kappa shape index (κ1) is 13.4. The molecule has 6 heteroatoms. The zero-order valence-corrected chi connectivity index (χ0v) is 10.9. The lowest BCUT2D eigenvalue weighted by Gasteiger charge is -2.27. The Morgan fingerprint density at radius 1 is 1.50 bits per heavy atom. The molecular weight excluding hydrogens is 246 g/mol. The highest BCUT2D eigenvalue weighted by Gasteiger charge is 2.37. The number of aliphatic carboxylic acids is 1. The van der Waals surface area contributed by atoms with Crippen molar-refractivity contribution in [1.82, 2.24) is 4.90 Å². The summed E-state index contributed by atoms with van der Waals surface area (Å²) in [6.45, 7) is 3.45. The van der Waals surface area contributed by atoms with Crippen molar-refractivity contribution in [3.05, 3.63) is 0 Å². The molecule has 0 saturated carbocycles. The molecule has 1 saturated heterocycles. The smallest absolute Gasteiger partial charge is 0.327 e. The first-order valence-corrected chi connectivity index (χ1v) is 6.54. The monoisotopic (exact) mass is 261 g/mol. The van der Waals surface area contributed by atoms with Crippen LogP contribution in [0.1, 0.15) is 26.7 Å². The molecule has 90 valence electrons. The molecule has 0 aromatic rings. The number of Topliss-reactive ketones (excluding diaryl/α,β-unsaturated/α-hetero) is 1. The number of nitrogens with zero attached hydrogens (tertiary/aromatic N) is 1. The molecule has 2 atom stereocenters. The Hall–Kier alpha value is -0.620. The van der Waals surface area contributed by atoms with Gasteiger partial charge in [-0.15, -0.1) is 11.8 Å². The molecular formula is C10H15NO3S2. The average molecular weight is 261 g/mol. The van der Waals surface area contributed by atoms with Crippen molar-refractivity contribution in [2.75, 3.05) is 5.75 Å². The van der Waals surface area contributed by atoms with E-state index >= 15 is 0 Å². The first-order chi connectivity index (χ1) is 7.43. The Bertz CT molecular complexity index is 319. The van der Waals surface area contributed by atoms with Crippen molar-refractivity contribution >= 4 is 40.7 Å². The zero-order chi connectivity index (χ0) is 12.3. The highest BCUT2D eigenvalue weighted by atomic mass is 32.2. The van der Waals surface area contributed by atoms with Crippen LogP contribution in [-0.4, -0.2) is 43.9 Å². The molecule has 1 rings (SSSR count). The molecule has 0 spiro atoms. The first-order valence-electron chi connectivity index (χ1n) is 5.08. The van der Waals surface area contributed by atoms with E-state index in [4.69, 9.17) is 17.3 Å². The second-order valence-corrected chi connectivity index (χ2v) is 5.61. The molecule has 1 fully saturated rings. The number of rotatable bonds is 4. The summed E-state index contributed by atoms with van der Waals surface area (Å²) in [5.41, 5.74) is 0. The standard InChI is InChI=1S/C10H15NO3S2/c1-6(12)3-4-9(15)11-7(2)16-5-8(11)10(13)14/h7-8H,3-5H2,1-2H3,(H,13,14). The summed E-state index contributed by atoms with van der Waals surface area (Å²) in [5.74, 6) is -0.216. The van der Waals surface area contributed by atoms with Gasteiger partial charge in [0.2, 0.25) is 0 Å². The van der Waals surface area contributed by atoms with Gasteiger partial charge in [0.1, 0.15) is 11.8 Å². The minimum absolute atomic E-state index is 0.0775. The van der Waals surface area contributed by atoms with Crippen molar-refractivity contribution < 1.29 is 14.7 Å². The molecule has 2 unspecified atom stereocenters. The molecule has 0 radical (unpaired) electrons. The van der Waals surface area contributed by atoms with Crippen LogP contribution in [0.15, 0.2) is 0 Å². The molecule has 0 amide bonds. The van der Waals surface area contributed by atoms with Crippen LogP contribution in [0.5, 0.6) is 0 Å². The number of carboxylic acid groups (broad SMARTS) is 1. The van der Waals surface area contributed by atoms with Crippen LogP contribution in [0.4, 0.5) is 0 Å². The Morgan fingerprint density at radius 3 is 2.62 bits per heavy atom. The highest BCUT2D eigenvalue weighted by Crippen LogP contribution is 2.30. The van der Waals surface area contributed by atoms with E-state index in [-0.39, 0.29) is 11.2 Å². The number of carbonyl (C=O) groups is 2. The minimum Gasteiger partial charge on any atom is -0.480 e. The SMILES string of the molecule is CC(=O)CCC(=S)N1C(C)SCC1C(=O)O. The Labute approximate surface area is 104 Å². The van der Waals surface area contributed by atoms with Gasteiger partial charge >= 0.3 is 5.97 Å². The van der Waals surface area contributed by atoms with E-state index in [0.29, 0.717) is 23.6 Å². The molecule has 1 heterocycles. The predicted octanol–water partition coefficient (Wildman–Crippen LogP) is 1.53. The van der Waals surface area contributed by atoms with Crippen molar-refractivity contribution in [2.45, 2.75) is 38.1 Å². The zero-order valence-electron chi connectivity index (χ0n) is 9.30. The van der Waals surface area contributed by atoms with Crippen LogP contribution in [0.2, 0.25) is 0 Å². The number of thioether (sulfide) groups is 1. The van der Waals surface area contributed by atoms with E-state index in [2.05, 4.69) is 0 Å². The summed E-state index contributed by atoms with van der Waals surface area (Å²) in [6, 6.07) is -0.542. The normalized spacial score (nSPS) is 24.5. The van der Waals surface area contributed by atoms with Gasteiger partial charge in [-0.3, -0.25) is 0 Å². The summed E-state index contributed by atoms with van der Waals surface area (Å²) >= 11 is 6.78. The van der Waals surface area contributed by atoms with Gasteiger partial charge in [-0.05, 0) is 13.8 Å². The number of carboxylic acids is 1. The van der Waals surface area contributed by atoms with E-state index < -0.39 is 12.0 Å². The van der Waals surface area contributed by atoms with Crippen molar-refractivity contribution in [2.24, 2.45) is 0 Å². The summed E-state index contributed by atoms with van der Waals surface area (Å²) < 4.78 is 0. The van der Waals surface area contributed by atoms with Crippen LogP contribution in [-0.2, 0) is 9.59 Å². The van der Waals surface area contributed by atoms with Crippen LogP contribution in [0.3, 0.4) is 0 Å². The number of ketones is 1. The van der Waals surface area contributed by atoms with Gasteiger partial charge in [-0.25, -0.2) is 4.79 Å². The Balaban J connectivity index is 2.64. The van der Waals surface area contributed by atoms with Gasteiger partial charge in [-0.1, -0.05) is 12.2 Å². The lowest BCUT2D eigenvalue weighted by atomic mass is 10.2. The Kier molecular flexibility index (Phi) is 4.73. The number of hydrogen-bond acceptors (Lipinski definition) is 4. The van der Waals surface area contributed by atoms with E-state index in [1.165, 1.54) is 6.92 Å². The maximum absolute atomic E-state index is 11.0. The lowest BCUT2D eigenvalue weighted by Crippen LogP contribution is -2.44. The van der Waals surface area contributed by atoms with Gasteiger partial charge in [0.25, 0.3) is 0 Å². The molecule has 1 N–H and O–H groups in total.